The molecule has 4 rings (SSSR count). The Morgan fingerprint density at radius 1 is 1.21 bits per heavy atom. The Labute approximate surface area is 219 Å². The van der Waals surface area contributed by atoms with Gasteiger partial charge in [-0.1, -0.05) is 18.2 Å². The van der Waals surface area contributed by atoms with Gasteiger partial charge >= 0.3 is 18.0 Å². The number of esters is 1. The summed E-state index contributed by atoms with van der Waals surface area (Å²) in [5.41, 5.74) is 2.34. The zero-order chi connectivity index (χ0) is 27.2. The maximum absolute atomic E-state index is 14.1. The van der Waals surface area contributed by atoms with Gasteiger partial charge in [-0.05, 0) is 55.2 Å². The molecule has 4 amide bonds. The zero-order valence-electron chi connectivity index (χ0n) is 21.2. The van der Waals surface area contributed by atoms with Crippen LogP contribution in [0.3, 0.4) is 0 Å². The molecule has 0 radical (unpaired) electrons. The first kappa shape index (κ1) is 26.9. The molecule has 0 saturated heterocycles. The average molecular weight is 526 g/mol. The van der Waals surface area contributed by atoms with Crippen molar-refractivity contribution >= 4 is 23.6 Å². The lowest BCUT2D eigenvalue weighted by molar-refractivity contribution is -0.136. The molecule has 2 aliphatic heterocycles. The van der Waals surface area contributed by atoms with E-state index in [1.807, 2.05) is 18.2 Å². The van der Waals surface area contributed by atoms with Gasteiger partial charge in [0, 0.05) is 38.1 Å². The highest BCUT2D eigenvalue weighted by molar-refractivity contribution is 6.01. The molecule has 1 atom stereocenters. The molecular weight excluding hydrogens is 496 g/mol. The van der Waals surface area contributed by atoms with E-state index in [1.165, 1.54) is 18.6 Å². The second kappa shape index (κ2) is 12.0. The summed E-state index contributed by atoms with van der Waals surface area (Å²) < 4.78 is 32.5. The Morgan fingerprint density at radius 3 is 2.68 bits per heavy atom. The molecule has 2 aromatic rings. The average Bonchev–Trinajstić information content (AvgIpc) is 2.92. The number of hydrogen-bond donors (Lipinski definition) is 2. The number of rotatable bonds is 7. The normalized spacial score (nSPS) is 18.1. The van der Waals surface area contributed by atoms with E-state index in [2.05, 4.69) is 26.6 Å². The molecule has 1 aromatic heterocycles. The molecule has 2 aliphatic rings. The molecule has 3 heterocycles. The van der Waals surface area contributed by atoms with Gasteiger partial charge in [-0.3, -0.25) is 9.88 Å². The third kappa shape index (κ3) is 5.88. The van der Waals surface area contributed by atoms with Gasteiger partial charge in [0.05, 0.1) is 18.4 Å². The summed E-state index contributed by atoms with van der Waals surface area (Å²) in [6.07, 6.45) is 5.41. The van der Waals surface area contributed by atoms with Crippen LogP contribution in [-0.4, -0.2) is 66.1 Å². The van der Waals surface area contributed by atoms with Gasteiger partial charge in [0.2, 0.25) is 0 Å². The van der Waals surface area contributed by atoms with Crippen molar-refractivity contribution in [2.75, 3.05) is 33.3 Å². The van der Waals surface area contributed by atoms with E-state index in [1.54, 1.807) is 6.20 Å². The summed E-state index contributed by atoms with van der Waals surface area (Å²) in [6, 6.07) is 5.92. The number of nitrogens with zero attached hydrogens (tertiary/aromatic N) is 3. The fourth-order valence-corrected chi connectivity index (χ4v) is 4.60. The minimum Gasteiger partial charge on any atom is -0.466 e. The summed E-state index contributed by atoms with van der Waals surface area (Å²) in [5, 5.41) is 5.18. The number of methoxy groups -OCH3 is 1. The van der Waals surface area contributed by atoms with Crippen LogP contribution in [0.15, 0.2) is 59.9 Å². The summed E-state index contributed by atoms with van der Waals surface area (Å²) >= 11 is 0. The number of ether oxygens (including phenoxy) is 1. The molecule has 0 saturated carbocycles. The van der Waals surface area contributed by atoms with Crippen LogP contribution in [-0.2, 0) is 9.53 Å². The van der Waals surface area contributed by atoms with Crippen molar-refractivity contribution in [2.45, 2.75) is 25.8 Å². The number of urea groups is 2. The van der Waals surface area contributed by atoms with Crippen molar-refractivity contribution in [3.63, 3.8) is 0 Å². The molecule has 11 heteroatoms. The van der Waals surface area contributed by atoms with Gasteiger partial charge in [0.25, 0.3) is 0 Å². The molecule has 0 fully saturated rings. The minimum atomic E-state index is -1.30. The lowest BCUT2D eigenvalue weighted by Gasteiger charge is -2.36. The van der Waals surface area contributed by atoms with Crippen LogP contribution in [0, 0.1) is 11.6 Å². The monoisotopic (exact) mass is 525 g/mol. The van der Waals surface area contributed by atoms with Crippen LogP contribution in [0.1, 0.15) is 37.1 Å². The zero-order valence-corrected chi connectivity index (χ0v) is 21.2. The van der Waals surface area contributed by atoms with Crippen LogP contribution in [0.4, 0.5) is 18.4 Å². The molecule has 0 aliphatic carbocycles. The van der Waals surface area contributed by atoms with Crippen LogP contribution in [0.25, 0.3) is 5.57 Å². The van der Waals surface area contributed by atoms with E-state index in [9.17, 15) is 23.2 Å². The fourth-order valence-electron chi connectivity index (χ4n) is 4.60. The standard InChI is InChI=1S/C27H29F2N5O4/c1-17-23(25(35)38-2)24(19-7-8-20(28)21(29)16-19)34(27(37)32-17)26(36)31-12-5-13-33-14-9-18(10-15-33)22-6-3-4-11-30-22/h3-4,6-9,11,16,24H,5,10,12-15H2,1-2H3,(H,31,36)(H,32,37). The highest BCUT2D eigenvalue weighted by atomic mass is 19.2. The highest BCUT2D eigenvalue weighted by Gasteiger charge is 2.42. The van der Waals surface area contributed by atoms with Crippen LogP contribution >= 0.6 is 0 Å². The molecule has 0 spiro atoms. The topological polar surface area (TPSA) is 104 Å². The maximum Gasteiger partial charge on any atom is 0.337 e. The third-order valence-corrected chi connectivity index (χ3v) is 6.55. The summed E-state index contributed by atoms with van der Waals surface area (Å²) in [6.45, 7) is 4.07. The van der Waals surface area contributed by atoms with Gasteiger partial charge in [0.1, 0.15) is 6.04 Å². The lowest BCUT2D eigenvalue weighted by atomic mass is 9.94. The predicted molar refractivity (Wildman–Crippen MR) is 135 cm³/mol. The van der Waals surface area contributed by atoms with Crippen molar-refractivity contribution in [3.05, 3.63) is 82.8 Å². The van der Waals surface area contributed by atoms with Crippen LogP contribution in [0.5, 0.6) is 0 Å². The Balaban J connectivity index is 1.41. The maximum atomic E-state index is 14.1. The summed E-state index contributed by atoms with van der Waals surface area (Å²) in [4.78, 5) is 46.0. The SMILES string of the molecule is COC(=O)C1=C(C)NC(=O)N(C(=O)NCCCN2CC=C(c3ccccn3)CC2)C1c1ccc(F)c(F)c1. The highest BCUT2D eigenvalue weighted by Crippen LogP contribution is 2.35. The van der Waals surface area contributed by atoms with Gasteiger partial charge in [-0.2, -0.15) is 0 Å². The Hall–Kier alpha value is -4.12. The van der Waals surface area contributed by atoms with E-state index < -0.39 is 35.7 Å². The molecule has 1 aromatic carbocycles. The number of carbonyl (C=O) groups excluding carboxylic acids is 3. The first-order valence-corrected chi connectivity index (χ1v) is 12.2. The summed E-state index contributed by atoms with van der Waals surface area (Å²) in [5.74, 6) is -3.07. The second-order valence-corrected chi connectivity index (χ2v) is 8.99. The van der Waals surface area contributed by atoms with Crippen molar-refractivity contribution in [3.8, 4) is 0 Å². The Morgan fingerprint density at radius 2 is 2.03 bits per heavy atom. The predicted octanol–water partition coefficient (Wildman–Crippen LogP) is 3.76. The smallest absolute Gasteiger partial charge is 0.337 e. The summed E-state index contributed by atoms with van der Waals surface area (Å²) in [7, 11) is 1.15. The van der Waals surface area contributed by atoms with Crippen molar-refractivity contribution in [1.82, 2.24) is 25.4 Å². The molecule has 1 unspecified atom stereocenters. The van der Waals surface area contributed by atoms with Crippen molar-refractivity contribution < 1.29 is 27.9 Å². The minimum absolute atomic E-state index is 0.0532. The number of pyridine rings is 1. The first-order valence-electron chi connectivity index (χ1n) is 12.2. The van der Waals surface area contributed by atoms with Crippen LogP contribution in [0.2, 0.25) is 0 Å². The number of aromatic nitrogens is 1. The number of imide groups is 1. The third-order valence-electron chi connectivity index (χ3n) is 6.55. The van der Waals surface area contributed by atoms with E-state index >= 15 is 0 Å². The van der Waals surface area contributed by atoms with Gasteiger partial charge in [0.15, 0.2) is 11.6 Å². The van der Waals surface area contributed by atoms with E-state index in [4.69, 9.17) is 4.74 Å². The Bertz CT molecular complexity index is 1280. The quantitative estimate of drug-likeness (QED) is 0.422. The number of carbonyl (C=O) groups is 3. The second-order valence-electron chi connectivity index (χ2n) is 8.99. The van der Waals surface area contributed by atoms with E-state index in [-0.39, 0.29) is 23.4 Å². The molecular formula is C27H29F2N5O4. The van der Waals surface area contributed by atoms with Crippen molar-refractivity contribution in [2.24, 2.45) is 0 Å². The molecule has 9 nitrogen and oxygen atoms in total. The Kier molecular flexibility index (Phi) is 8.47. The molecule has 200 valence electrons. The number of amides is 4. The van der Waals surface area contributed by atoms with Crippen LogP contribution < -0.4 is 10.6 Å². The number of allylic oxidation sites excluding steroid dienone is 1. The van der Waals surface area contributed by atoms with Gasteiger partial charge < -0.3 is 15.4 Å². The van der Waals surface area contributed by atoms with Gasteiger partial charge in [-0.25, -0.2) is 28.1 Å². The van der Waals surface area contributed by atoms with Crippen molar-refractivity contribution in [1.29, 1.82) is 0 Å². The number of hydrogen-bond acceptors (Lipinski definition) is 6. The number of benzene rings is 1. The molecule has 2 N–H and O–H groups in total. The molecule has 38 heavy (non-hydrogen) atoms. The van der Waals surface area contributed by atoms with E-state index in [0.717, 1.165) is 55.9 Å². The first-order chi connectivity index (χ1) is 18.3. The number of nitrogens with one attached hydrogen (secondary N) is 2. The lowest BCUT2D eigenvalue weighted by Crippen LogP contribution is -2.54. The number of halogens is 2. The molecule has 0 bridgehead atoms. The van der Waals surface area contributed by atoms with E-state index in [0.29, 0.717) is 6.42 Å². The van der Waals surface area contributed by atoms with Gasteiger partial charge in [-0.15, -0.1) is 0 Å². The largest absolute Gasteiger partial charge is 0.466 e. The fraction of sp³-hybridized carbons (Fsp3) is 0.333.